The first kappa shape index (κ1) is 11.2. The number of halogens is 1. The van der Waals surface area contributed by atoms with Crippen molar-refractivity contribution in [3.63, 3.8) is 0 Å². The summed E-state index contributed by atoms with van der Waals surface area (Å²) < 4.78 is 18.4. The van der Waals surface area contributed by atoms with Gasteiger partial charge >= 0.3 is 0 Å². The van der Waals surface area contributed by atoms with Gasteiger partial charge in [0, 0.05) is 30.9 Å². The van der Waals surface area contributed by atoms with E-state index < -0.39 is 0 Å². The molecule has 1 fully saturated rings. The average Bonchev–Trinajstić information content (AvgIpc) is 2.30. The van der Waals surface area contributed by atoms with E-state index >= 15 is 0 Å². The number of hydrogen-bond donors (Lipinski definition) is 1. The van der Waals surface area contributed by atoms with Crippen molar-refractivity contribution in [3.8, 4) is 5.75 Å². The van der Waals surface area contributed by atoms with Gasteiger partial charge in [0.2, 0.25) is 0 Å². The summed E-state index contributed by atoms with van der Waals surface area (Å²) in [4.78, 5) is 2.16. The predicted octanol–water partition coefficient (Wildman–Crippen LogP) is 1.76. The predicted molar refractivity (Wildman–Crippen MR) is 62.4 cm³/mol. The Balaban J connectivity index is 2.12. The van der Waals surface area contributed by atoms with Crippen molar-refractivity contribution in [2.45, 2.75) is 18.9 Å². The van der Waals surface area contributed by atoms with Crippen molar-refractivity contribution < 1.29 is 9.13 Å². The lowest BCUT2D eigenvalue weighted by atomic mass is 10.1. The molecule has 1 aliphatic rings. The molecule has 0 spiro atoms. The maximum atomic E-state index is 13.5. The highest BCUT2D eigenvalue weighted by Gasteiger charge is 2.17. The van der Waals surface area contributed by atoms with Crippen LogP contribution in [0, 0.1) is 5.82 Å². The quantitative estimate of drug-likeness (QED) is 0.832. The molecule has 2 rings (SSSR count). The van der Waals surface area contributed by atoms with Gasteiger partial charge in [-0.3, -0.25) is 0 Å². The fourth-order valence-corrected chi connectivity index (χ4v) is 2.01. The van der Waals surface area contributed by atoms with E-state index in [9.17, 15) is 4.39 Å². The Hall–Kier alpha value is -1.29. The number of benzene rings is 1. The molecule has 0 radical (unpaired) electrons. The van der Waals surface area contributed by atoms with Gasteiger partial charge < -0.3 is 15.4 Å². The Morgan fingerprint density at radius 2 is 2.06 bits per heavy atom. The van der Waals surface area contributed by atoms with Crippen LogP contribution in [0.25, 0.3) is 0 Å². The third-order valence-corrected chi connectivity index (χ3v) is 3.04. The van der Waals surface area contributed by atoms with Crippen LogP contribution in [0.5, 0.6) is 5.75 Å². The Kier molecular flexibility index (Phi) is 3.29. The summed E-state index contributed by atoms with van der Waals surface area (Å²) in [7, 11) is 1.47. The molecule has 1 aromatic rings. The number of anilines is 1. The molecule has 1 aliphatic heterocycles. The number of hydrogen-bond acceptors (Lipinski definition) is 3. The third-order valence-electron chi connectivity index (χ3n) is 3.04. The first-order valence-electron chi connectivity index (χ1n) is 5.55. The summed E-state index contributed by atoms with van der Waals surface area (Å²) in [5.74, 6) is -0.0210. The van der Waals surface area contributed by atoms with E-state index in [1.165, 1.54) is 13.2 Å². The van der Waals surface area contributed by atoms with Gasteiger partial charge in [-0.25, -0.2) is 4.39 Å². The van der Waals surface area contributed by atoms with Gasteiger partial charge in [0.1, 0.15) is 0 Å². The molecule has 4 heteroatoms. The first-order chi connectivity index (χ1) is 7.70. The number of ether oxygens (including phenoxy) is 1. The van der Waals surface area contributed by atoms with Gasteiger partial charge in [-0.05, 0) is 25.0 Å². The topological polar surface area (TPSA) is 38.5 Å². The Morgan fingerprint density at radius 3 is 2.62 bits per heavy atom. The van der Waals surface area contributed by atoms with Crippen molar-refractivity contribution in [1.82, 2.24) is 0 Å². The smallest absolute Gasteiger partial charge is 0.167 e. The van der Waals surface area contributed by atoms with E-state index in [1.54, 1.807) is 6.07 Å². The van der Waals surface area contributed by atoms with Crippen LogP contribution in [0.4, 0.5) is 10.1 Å². The Bertz CT molecular complexity index is 362. The molecule has 16 heavy (non-hydrogen) atoms. The lowest BCUT2D eigenvalue weighted by Gasteiger charge is -2.32. The van der Waals surface area contributed by atoms with E-state index in [1.807, 2.05) is 6.07 Å². The van der Waals surface area contributed by atoms with E-state index in [4.69, 9.17) is 10.5 Å². The maximum absolute atomic E-state index is 13.5. The molecular formula is C12H17FN2O. The average molecular weight is 224 g/mol. The third kappa shape index (κ3) is 2.27. The van der Waals surface area contributed by atoms with Gasteiger partial charge in [0.25, 0.3) is 0 Å². The maximum Gasteiger partial charge on any atom is 0.167 e. The monoisotopic (exact) mass is 224 g/mol. The Morgan fingerprint density at radius 1 is 1.38 bits per heavy atom. The van der Waals surface area contributed by atoms with Crippen molar-refractivity contribution in [2.24, 2.45) is 5.73 Å². The summed E-state index contributed by atoms with van der Waals surface area (Å²) in [6, 6.07) is 5.37. The van der Waals surface area contributed by atoms with Crippen LogP contribution in [-0.2, 0) is 0 Å². The molecule has 0 aliphatic carbocycles. The highest BCUT2D eigenvalue weighted by Crippen LogP contribution is 2.25. The zero-order valence-electron chi connectivity index (χ0n) is 9.45. The minimum Gasteiger partial charge on any atom is -0.494 e. The van der Waals surface area contributed by atoms with Crippen molar-refractivity contribution >= 4 is 5.69 Å². The lowest BCUT2D eigenvalue weighted by molar-refractivity contribution is 0.386. The van der Waals surface area contributed by atoms with E-state index in [2.05, 4.69) is 4.90 Å². The fraction of sp³-hybridized carbons (Fsp3) is 0.500. The van der Waals surface area contributed by atoms with Crippen LogP contribution >= 0.6 is 0 Å². The molecule has 0 bridgehead atoms. The second-order valence-corrected chi connectivity index (χ2v) is 4.14. The van der Waals surface area contributed by atoms with E-state index in [-0.39, 0.29) is 11.6 Å². The van der Waals surface area contributed by atoms with Gasteiger partial charge in [0.05, 0.1) is 7.11 Å². The summed E-state index contributed by atoms with van der Waals surface area (Å²) in [5.41, 5.74) is 6.74. The fourth-order valence-electron chi connectivity index (χ4n) is 2.01. The van der Waals surface area contributed by atoms with Gasteiger partial charge in [0.15, 0.2) is 11.6 Å². The molecule has 1 aromatic carbocycles. The molecule has 0 aromatic heterocycles. The number of nitrogens with two attached hydrogens (primary N) is 1. The van der Waals surface area contributed by atoms with Crippen LogP contribution in [0.2, 0.25) is 0 Å². The second kappa shape index (κ2) is 4.70. The van der Waals surface area contributed by atoms with Gasteiger partial charge in [-0.15, -0.1) is 0 Å². The normalized spacial score (nSPS) is 17.6. The van der Waals surface area contributed by atoms with Crippen LogP contribution < -0.4 is 15.4 Å². The number of nitrogens with zero attached hydrogens (tertiary/aromatic N) is 1. The molecule has 0 atom stereocenters. The van der Waals surface area contributed by atoms with E-state index in [0.717, 1.165) is 31.6 Å². The molecule has 0 amide bonds. The van der Waals surface area contributed by atoms with Gasteiger partial charge in [-0.2, -0.15) is 0 Å². The molecule has 88 valence electrons. The van der Waals surface area contributed by atoms with Crippen molar-refractivity contribution in [3.05, 3.63) is 24.0 Å². The number of methoxy groups -OCH3 is 1. The second-order valence-electron chi connectivity index (χ2n) is 4.14. The molecule has 0 unspecified atom stereocenters. The van der Waals surface area contributed by atoms with Crippen molar-refractivity contribution in [2.75, 3.05) is 25.1 Å². The first-order valence-corrected chi connectivity index (χ1v) is 5.55. The zero-order chi connectivity index (χ0) is 11.5. The largest absolute Gasteiger partial charge is 0.494 e. The molecule has 1 heterocycles. The van der Waals surface area contributed by atoms with Crippen molar-refractivity contribution in [1.29, 1.82) is 0 Å². The molecule has 1 saturated heterocycles. The van der Waals surface area contributed by atoms with Crippen LogP contribution in [0.15, 0.2) is 18.2 Å². The molecular weight excluding hydrogens is 207 g/mol. The van der Waals surface area contributed by atoms with E-state index in [0.29, 0.717) is 6.04 Å². The van der Waals surface area contributed by atoms with Crippen LogP contribution in [0.1, 0.15) is 12.8 Å². The minimum absolute atomic E-state index is 0.289. The highest BCUT2D eigenvalue weighted by molar-refractivity contribution is 5.50. The Labute approximate surface area is 95.0 Å². The molecule has 2 N–H and O–H groups in total. The summed E-state index contributed by atoms with van der Waals surface area (Å²) in [6.07, 6.45) is 1.93. The SMILES string of the molecule is COc1ccc(N2CCC(N)CC2)cc1F. The minimum atomic E-state index is -0.310. The van der Waals surface area contributed by atoms with Gasteiger partial charge in [-0.1, -0.05) is 0 Å². The molecule has 0 saturated carbocycles. The summed E-state index contributed by atoms with van der Waals surface area (Å²) in [6.45, 7) is 1.79. The zero-order valence-corrected chi connectivity index (χ0v) is 9.45. The van der Waals surface area contributed by atoms with Crippen LogP contribution in [0.3, 0.4) is 0 Å². The standard InChI is InChI=1S/C12H17FN2O/c1-16-12-3-2-10(8-11(12)13)15-6-4-9(14)5-7-15/h2-3,8-9H,4-7,14H2,1H3. The summed E-state index contributed by atoms with van der Waals surface area (Å²) >= 11 is 0. The number of piperidine rings is 1. The highest BCUT2D eigenvalue weighted by atomic mass is 19.1. The molecule has 3 nitrogen and oxygen atoms in total. The lowest BCUT2D eigenvalue weighted by Crippen LogP contribution is -2.39. The number of rotatable bonds is 2. The van der Waals surface area contributed by atoms with Crippen LogP contribution in [-0.4, -0.2) is 26.2 Å². The summed E-state index contributed by atoms with van der Waals surface area (Å²) in [5, 5.41) is 0.